The lowest BCUT2D eigenvalue weighted by Crippen LogP contribution is -2.41. The predicted molar refractivity (Wildman–Crippen MR) is 116 cm³/mol. The lowest BCUT2D eigenvalue weighted by Gasteiger charge is -2.32. The van der Waals surface area contributed by atoms with Gasteiger partial charge in [0.25, 0.3) is 5.91 Å². The van der Waals surface area contributed by atoms with Crippen LogP contribution in [-0.2, 0) is 4.79 Å². The Labute approximate surface area is 178 Å². The molecule has 4 heterocycles. The zero-order valence-corrected chi connectivity index (χ0v) is 17.7. The van der Waals surface area contributed by atoms with E-state index in [4.69, 9.17) is 10.2 Å². The minimum absolute atomic E-state index is 0.152. The van der Waals surface area contributed by atoms with Crippen molar-refractivity contribution in [2.75, 3.05) is 23.3 Å². The SMILES string of the molecule is Cc1ccc(-c2nc(C)c(C(=O)Nc3ccc(N4CCCC(C(N)=O)C4)nc3)s2)o1. The van der Waals surface area contributed by atoms with E-state index in [-0.39, 0.29) is 17.7 Å². The zero-order valence-electron chi connectivity index (χ0n) is 16.8. The number of furan rings is 1. The molecule has 0 saturated carbocycles. The fraction of sp³-hybridized carbons (Fsp3) is 0.333. The van der Waals surface area contributed by atoms with Crippen molar-refractivity contribution in [3.63, 3.8) is 0 Å². The second-order valence-electron chi connectivity index (χ2n) is 7.39. The number of anilines is 2. The van der Waals surface area contributed by atoms with Gasteiger partial charge in [0.05, 0.1) is 23.5 Å². The summed E-state index contributed by atoms with van der Waals surface area (Å²) in [5, 5.41) is 3.55. The molecule has 2 amide bonds. The van der Waals surface area contributed by atoms with Crippen LogP contribution in [-0.4, -0.2) is 34.9 Å². The van der Waals surface area contributed by atoms with Crippen LogP contribution in [0.3, 0.4) is 0 Å². The minimum atomic E-state index is -0.271. The minimum Gasteiger partial charge on any atom is -0.459 e. The average Bonchev–Trinajstić information content (AvgIpc) is 3.34. The molecule has 156 valence electrons. The fourth-order valence-corrected chi connectivity index (χ4v) is 4.44. The maximum Gasteiger partial charge on any atom is 0.267 e. The van der Waals surface area contributed by atoms with Gasteiger partial charge >= 0.3 is 0 Å². The number of carbonyl (C=O) groups is 2. The highest BCUT2D eigenvalue weighted by Gasteiger charge is 2.25. The monoisotopic (exact) mass is 425 g/mol. The van der Waals surface area contributed by atoms with E-state index in [1.165, 1.54) is 11.3 Å². The van der Waals surface area contributed by atoms with Gasteiger partial charge in [-0.2, -0.15) is 0 Å². The van der Waals surface area contributed by atoms with Gasteiger partial charge in [0, 0.05) is 13.1 Å². The first-order valence-electron chi connectivity index (χ1n) is 9.76. The Kier molecular flexibility index (Phi) is 5.54. The lowest BCUT2D eigenvalue weighted by atomic mass is 9.97. The van der Waals surface area contributed by atoms with Crippen molar-refractivity contribution < 1.29 is 14.0 Å². The van der Waals surface area contributed by atoms with E-state index in [1.807, 2.05) is 25.1 Å². The average molecular weight is 426 g/mol. The summed E-state index contributed by atoms with van der Waals surface area (Å²) in [5.41, 5.74) is 6.69. The number of aryl methyl sites for hydroxylation is 2. The highest BCUT2D eigenvalue weighted by Crippen LogP contribution is 2.30. The number of hydrogen-bond donors (Lipinski definition) is 2. The number of aromatic nitrogens is 2. The second-order valence-corrected chi connectivity index (χ2v) is 8.39. The Bertz CT molecular complexity index is 1070. The number of nitrogens with two attached hydrogens (primary N) is 1. The van der Waals surface area contributed by atoms with E-state index >= 15 is 0 Å². The number of nitrogens with zero attached hydrogens (tertiary/aromatic N) is 3. The van der Waals surface area contributed by atoms with E-state index in [1.54, 1.807) is 19.2 Å². The van der Waals surface area contributed by atoms with E-state index in [0.29, 0.717) is 33.6 Å². The number of thiazole rings is 1. The number of amides is 2. The summed E-state index contributed by atoms with van der Waals surface area (Å²) in [5.74, 6) is 1.56. The number of pyridine rings is 1. The molecule has 1 atom stereocenters. The summed E-state index contributed by atoms with van der Waals surface area (Å²) in [6.07, 6.45) is 3.33. The normalized spacial score (nSPS) is 16.5. The second kappa shape index (κ2) is 8.27. The summed E-state index contributed by atoms with van der Waals surface area (Å²) in [6, 6.07) is 7.37. The molecule has 8 nitrogen and oxygen atoms in total. The van der Waals surface area contributed by atoms with Crippen LogP contribution in [0.1, 0.15) is 34.0 Å². The van der Waals surface area contributed by atoms with Crippen molar-refractivity contribution in [1.29, 1.82) is 0 Å². The maximum absolute atomic E-state index is 12.7. The van der Waals surface area contributed by atoms with Gasteiger partial charge < -0.3 is 20.4 Å². The van der Waals surface area contributed by atoms with E-state index < -0.39 is 0 Å². The van der Waals surface area contributed by atoms with Crippen LogP contribution in [0.15, 0.2) is 34.9 Å². The molecule has 1 unspecified atom stereocenters. The molecule has 30 heavy (non-hydrogen) atoms. The molecule has 1 aliphatic rings. The van der Waals surface area contributed by atoms with Crippen LogP contribution in [0.25, 0.3) is 10.8 Å². The molecular formula is C21H23N5O3S. The van der Waals surface area contributed by atoms with Crippen LogP contribution in [0.5, 0.6) is 0 Å². The molecular weight excluding hydrogens is 402 g/mol. The van der Waals surface area contributed by atoms with Crippen molar-refractivity contribution >= 4 is 34.7 Å². The summed E-state index contributed by atoms with van der Waals surface area (Å²) in [6.45, 7) is 5.07. The van der Waals surface area contributed by atoms with Gasteiger partial charge in [-0.1, -0.05) is 0 Å². The third kappa shape index (κ3) is 4.20. The first-order chi connectivity index (χ1) is 14.4. The van der Waals surface area contributed by atoms with Gasteiger partial charge in [-0.3, -0.25) is 9.59 Å². The van der Waals surface area contributed by atoms with Crippen LogP contribution in [0, 0.1) is 19.8 Å². The molecule has 1 fully saturated rings. The lowest BCUT2D eigenvalue weighted by molar-refractivity contribution is -0.122. The van der Waals surface area contributed by atoms with Crippen LogP contribution in [0.2, 0.25) is 0 Å². The van der Waals surface area contributed by atoms with Gasteiger partial charge in [-0.25, -0.2) is 9.97 Å². The smallest absolute Gasteiger partial charge is 0.267 e. The Balaban J connectivity index is 1.44. The van der Waals surface area contributed by atoms with Gasteiger partial charge in [-0.05, 0) is 51.0 Å². The molecule has 3 N–H and O–H groups in total. The van der Waals surface area contributed by atoms with E-state index in [0.717, 1.165) is 31.0 Å². The number of primary amides is 1. The number of rotatable bonds is 5. The predicted octanol–water partition coefficient (Wildman–Crippen LogP) is 3.37. The molecule has 1 saturated heterocycles. The Morgan fingerprint density at radius 1 is 1.27 bits per heavy atom. The summed E-state index contributed by atoms with van der Waals surface area (Å²) in [4.78, 5) is 35.7. The van der Waals surface area contributed by atoms with Gasteiger partial charge in [0.15, 0.2) is 10.8 Å². The van der Waals surface area contributed by atoms with Crippen molar-refractivity contribution in [2.45, 2.75) is 26.7 Å². The molecule has 9 heteroatoms. The van der Waals surface area contributed by atoms with Crippen LogP contribution < -0.4 is 16.0 Å². The topological polar surface area (TPSA) is 114 Å². The highest BCUT2D eigenvalue weighted by atomic mass is 32.1. The quantitative estimate of drug-likeness (QED) is 0.648. The number of hydrogen-bond acceptors (Lipinski definition) is 7. The van der Waals surface area contributed by atoms with Crippen LogP contribution in [0.4, 0.5) is 11.5 Å². The molecule has 3 aromatic heterocycles. The molecule has 0 aliphatic carbocycles. The number of piperidine rings is 1. The summed E-state index contributed by atoms with van der Waals surface area (Å²) in [7, 11) is 0. The molecule has 0 spiro atoms. The van der Waals surface area contributed by atoms with Crippen LogP contribution >= 0.6 is 11.3 Å². The van der Waals surface area contributed by atoms with Gasteiger partial charge in [0.1, 0.15) is 16.5 Å². The number of carbonyl (C=O) groups excluding carboxylic acids is 2. The Hall–Kier alpha value is -3.20. The molecule has 3 aromatic rings. The first-order valence-corrected chi connectivity index (χ1v) is 10.6. The van der Waals surface area contributed by atoms with Crippen molar-refractivity contribution in [1.82, 2.24) is 9.97 Å². The fourth-order valence-electron chi connectivity index (χ4n) is 3.51. The number of nitrogens with one attached hydrogen (secondary N) is 1. The van der Waals surface area contributed by atoms with E-state index in [2.05, 4.69) is 20.2 Å². The standard InChI is InChI=1S/C21H23N5O3S/c1-12-5-7-16(29-12)21-24-13(2)18(30-21)20(28)25-15-6-8-17(23-10-15)26-9-3-4-14(11-26)19(22)27/h5-8,10,14H,3-4,9,11H2,1-2H3,(H2,22,27)(H,25,28). The third-order valence-electron chi connectivity index (χ3n) is 5.11. The third-order valence-corrected chi connectivity index (χ3v) is 6.28. The summed E-state index contributed by atoms with van der Waals surface area (Å²) < 4.78 is 5.60. The van der Waals surface area contributed by atoms with Gasteiger partial charge in [-0.15, -0.1) is 11.3 Å². The highest BCUT2D eigenvalue weighted by molar-refractivity contribution is 7.17. The van der Waals surface area contributed by atoms with E-state index in [9.17, 15) is 9.59 Å². The molecule has 0 aromatic carbocycles. The van der Waals surface area contributed by atoms with Crippen molar-refractivity contribution in [3.8, 4) is 10.8 Å². The van der Waals surface area contributed by atoms with Gasteiger partial charge in [0.2, 0.25) is 5.91 Å². The summed E-state index contributed by atoms with van der Waals surface area (Å²) >= 11 is 1.29. The molecule has 1 aliphatic heterocycles. The Morgan fingerprint density at radius 3 is 2.77 bits per heavy atom. The maximum atomic E-state index is 12.7. The molecule has 0 bridgehead atoms. The first kappa shape index (κ1) is 20.1. The zero-order chi connectivity index (χ0) is 21.3. The molecule has 4 rings (SSSR count). The molecule has 0 radical (unpaired) electrons. The Morgan fingerprint density at radius 2 is 2.10 bits per heavy atom. The largest absolute Gasteiger partial charge is 0.459 e. The van der Waals surface area contributed by atoms with Crippen molar-refractivity contribution in [3.05, 3.63) is 46.8 Å². The van der Waals surface area contributed by atoms with Crippen molar-refractivity contribution in [2.24, 2.45) is 11.7 Å².